The maximum Gasteiger partial charge on any atom is 0.119 e. The van der Waals surface area contributed by atoms with Crippen LogP contribution in [0.2, 0.25) is 5.02 Å². The highest BCUT2D eigenvalue weighted by Crippen LogP contribution is 2.15. The van der Waals surface area contributed by atoms with Crippen LogP contribution < -0.4 is 10.2 Å². The van der Waals surface area contributed by atoms with Gasteiger partial charge in [0.25, 0.3) is 0 Å². The normalized spacial score (nSPS) is 18.2. The van der Waals surface area contributed by atoms with Crippen molar-refractivity contribution in [1.82, 2.24) is 10.4 Å². The minimum Gasteiger partial charge on any atom is -0.491 e. The molecule has 1 unspecified atom stereocenters. The summed E-state index contributed by atoms with van der Waals surface area (Å²) >= 11 is 5.79. The van der Waals surface area contributed by atoms with E-state index in [2.05, 4.69) is 10.4 Å². The maximum atomic E-state index is 9.86. The van der Waals surface area contributed by atoms with E-state index in [9.17, 15) is 5.11 Å². The number of piperidine rings is 1. The lowest BCUT2D eigenvalue weighted by atomic mass is 10.2. The highest BCUT2D eigenvalue weighted by Gasteiger charge is 2.11. The van der Waals surface area contributed by atoms with Crippen molar-refractivity contribution in [2.75, 3.05) is 26.2 Å². The van der Waals surface area contributed by atoms with Crippen LogP contribution in [0.1, 0.15) is 19.3 Å². The largest absolute Gasteiger partial charge is 0.491 e. The van der Waals surface area contributed by atoms with Crippen LogP contribution in [0.3, 0.4) is 0 Å². The summed E-state index contributed by atoms with van der Waals surface area (Å²) in [6, 6.07) is 7.14. The average molecular weight is 285 g/mol. The Kier molecular flexibility index (Phi) is 5.92. The summed E-state index contributed by atoms with van der Waals surface area (Å²) < 4.78 is 5.50. The molecule has 0 spiro atoms. The molecule has 1 aromatic rings. The van der Waals surface area contributed by atoms with Crippen molar-refractivity contribution in [1.29, 1.82) is 0 Å². The van der Waals surface area contributed by atoms with Gasteiger partial charge in [-0.15, -0.1) is 0 Å². The lowest BCUT2D eigenvalue weighted by Crippen LogP contribution is -2.46. The fraction of sp³-hybridized carbons (Fsp3) is 0.571. The van der Waals surface area contributed by atoms with Crippen molar-refractivity contribution in [3.8, 4) is 5.75 Å². The van der Waals surface area contributed by atoms with E-state index in [1.54, 1.807) is 24.3 Å². The maximum absolute atomic E-state index is 9.86. The molecular weight excluding hydrogens is 264 g/mol. The first kappa shape index (κ1) is 14.6. The van der Waals surface area contributed by atoms with Gasteiger partial charge in [0.15, 0.2) is 0 Å². The van der Waals surface area contributed by atoms with Gasteiger partial charge in [0.1, 0.15) is 18.5 Å². The molecule has 0 aromatic heterocycles. The molecule has 1 heterocycles. The fourth-order valence-electron chi connectivity index (χ4n) is 2.07. The fourth-order valence-corrected chi connectivity index (χ4v) is 2.19. The molecule has 0 aliphatic carbocycles. The zero-order chi connectivity index (χ0) is 13.5. The first-order valence-electron chi connectivity index (χ1n) is 6.79. The predicted molar refractivity (Wildman–Crippen MR) is 76.4 cm³/mol. The Hall–Kier alpha value is -0.810. The van der Waals surface area contributed by atoms with E-state index in [0.29, 0.717) is 11.6 Å². The van der Waals surface area contributed by atoms with Gasteiger partial charge in [-0.2, -0.15) is 0 Å². The number of rotatable bonds is 6. The summed E-state index contributed by atoms with van der Waals surface area (Å²) in [5.74, 6) is 0.724. The number of aliphatic hydroxyl groups is 1. The van der Waals surface area contributed by atoms with E-state index in [0.717, 1.165) is 18.8 Å². The molecule has 1 aliphatic heterocycles. The van der Waals surface area contributed by atoms with Gasteiger partial charge in [0.05, 0.1) is 0 Å². The summed E-state index contributed by atoms with van der Waals surface area (Å²) in [6.45, 7) is 2.92. The molecule has 5 heteroatoms. The Labute approximate surface area is 119 Å². The van der Waals surface area contributed by atoms with Crippen LogP contribution in [0.15, 0.2) is 24.3 Å². The molecule has 1 atom stereocenters. The quantitative estimate of drug-likeness (QED) is 0.839. The lowest BCUT2D eigenvalue weighted by molar-refractivity contribution is 0.0684. The zero-order valence-corrected chi connectivity index (χ0v) is 11.8. The Bertz CT molecular complexity index is 366. The molecule has 4 nitrogen and oxygen atoms in total. The molecule has 1 fully saturated rings. The van der Waals surface area contributed by atoms with Crippen molar-refractivity contribution in [2.24, 2.45) is 0 Å². The number of nitrogens with zero attached hydrogens (tertiary/aromatic N) is 1. The second-order valence-corrected chi connectivity index (χ2v) is 5.27. The van der Waals surface area contributed by atoms with Crippen LogP contribution in [-0.2, 0) is 0 Å². The third-order valence-corrected chi connectivity index (χ3v) is 3.41. The molecular formula is C14H21ClN2O2. The van der Waals surface area contributed by atoms with E-state index in [-0.39, 0.29) is 6.61 Å². The number of hydrogen-bond donors (Lipinski definition) is 2. The number of hydrazine groups is 1. The van der Waals surface area contributed by atoms with Gasteiger partial charge in [-0.25, -0.2) is 5.01 Å². The van der Waals surface area contributed by atoms with Crippen LogP contribution >= 0.6 is 11.6 Å². The molecule has 1 saturated heterocycles. The molecule has 2 rings (SSSR count). The van der Waals surface area contributed by atoms with E-state index in [4.69, 9.17) is 16.3 Å². The Balaban J connectivity index is 1.63. The SMILES string of the molecule is OC(CNN1CCCCC1)COc1ccc(Cl)cc1. The Morgan fingerprint density at radius 3 is 2.58 bits per heavy atom. The Morgan fingerprint density at radius 1 is 1.21 bits per heavy atom. The second kappa shape index (κ2) is 7.70. The molecule has 0 bridgehead atoms. The van der Waals surface area contributed by atoms with Crippen LogP contribution in [0.5, 0.6) is 5.75 Å². The van der Waals surface area contributed by atoms with Crippen LogP contribution in [0, 0.1) is 0 Å². The number of nitrogens with one attached hydrogen (secondary N) is 1. The van der Waals surface area contributed by atoms with E-state index < -0.39 is 6.10 Å². The first-order valence-corrected chi connectivity index (χ1v) is 7.17. The zero-order valence-electron chi connectivity index (χ0n) is 11.0. The molecule has 1 aromatic carbocycles. The molecule has 0 amide bonds. The van der Waals surface area contributed by atoms with Crippen LogP contribution in [0.4, 0.5) is 0 Å². The second-order valence-electron chi connectivity index (χ2n) is 4.83. The van der Waals surface area contributed by atoms with Crippen LogP contribution in [-0.4, -0.2) is 42.5 Å². The third-order valence-electron chi connectivity index (χ3n) is 3.16. The number of ether oxygens (including phenoxy) is 1. The van der Waals surface area contributed by atoms with Gasteiger partial charge in [0.2, 0.25) is 0 Å². The monoisotopic (exact) mass is 284 g/mol. The number of halogens is 1. The third kappa shape index (κ3) is 5.37. The van der Waals surface area contributed by atoms with Gasteiger partial charge in [-0.05, 0) is 37.1 Å². The van der Waals surface area contributed by atoms with E-state index in [1.165, 1.54) is 19.3 Å². The minimum atomic E-state index is -0.516. The van der Waals surface area contributed by atoms with Gasteiger partial charge >= 0.3 is 0 Å². The topological polar surface area (TPSA) is 44.7 Å². The highest BCUT2D eigenvalue weighted by molar-refractivity contribution is 6.30. The molecule has 106 valence electrons. The first-order chi connectivity index (χ1) is 9.24. The molecule has 0 saturated carbocycles. The Morgan fingerprint density at radius 2 is 1.89 bits per heavy atom. The molecule has 19 heavy (non-hydrogen) atoms. The van der Waals surface area contributed by atoms with Crippen molar-refractivity contribution >= 4 is 11.6 Å². The number of hydrogen-bond acceptors (Lipinski definition) is 4. The number of aliphatic hydroxyl groups excluding tert-OH is 1. The summed E-state index contributed by atoms with van der Waals surface area (Å²) in [5.41, 5.74) is 3.25. The summed E-state index contributed by atoms with van der Waals surface area (Å²) in [6.07, 6.45) is 3.24. The average Bonchev–Trinajstić information content (AvgIpc) is 2.45. The highest BCUT2D eigenvalue weighted by atomic mass is 35.5. The van der Waals surface area contributed by atoms with Crippen molar-refractivity contribution in [3.05, 3.63) is 29.3 Å². The van der Waals surface area contributed by atoms with Crippen LogP contribution in [0.25, 0.3) is 0 Å². The predicted octanol–water partition coefficient (Wildman–Crippen LogP) is 2.07. The summed E-state index contributed by atoms with van der Waals surface area (Å²) in [5, 5.41) is 12.7. The van der Waals surface area contributed by atoms with Crippen molar-refractivity contribution in [3.63, 3.8) is 0 Å². The number of benzene rings is 1. The van der Waals surface area contributed by atoms with E-state index in [1.807, 2.05) is 0 Å². The molecule has 2 N–H and O–H groups in total. The lowest BCUT2D eigenvalue weighted by Gasteiger charge is -2.28. The van der Waals surface area contributed by atoms with Crippen molar-refractivity contribution in [2.45, 2.75) is 25.4 Å². The van der Waals surface area contributed by atoms with Crippen molar-refractivity contribution < 1.29 is 9.84 Å². The summed E-state index contributed by atoms with van der Waals surface area (Å²) in [7, 11) is 0. The standard InChI is InChI=1S/C14H21ClN2O2/c15-12-4-6-14(7-5-12)19-11-13(18)10-16-17-8-2-1-3-9-17/h4-7,13,16,18H,1-3,8-11H2. The van der Waals surface area contributed by atoms with Gasteiger partial charge in [-0.1, -0.05) is 18.0 Å². The smallest absolute Gasteiger partial charge is 0.119 e. The minimum absolute atomic E-state index is 0.280. The van der Waals surface area contributed by atoms with Gasteiger partial charge < -0.3 is 9.84 Å². The van der Waals surface area contributed by atoms with Gasteiger partial charge in [-0.3, -0.25) is 5.43 Å². The van der Waals surface area contributed by atoms with Gasteiger partial charge in [0, 0.05) is 24.7 Å². The van der Waals surface area contributed by atoms with E-state index >= 15 is 0 Å². The molecule has 1 aliphatic rings. The molecule has 0 radical (unpaired) electrons. The summed E-state index contributed by atoms with van der Waals surface area (Å²) in [4.78, 5) is 0.